The molecule has 0 spiro atoms. The average molecular weight is 397 g/mol. The van der Waals surface area contributed by atoms with Crippen LogP contribution in [0.25, 0.3) is 0 Å². The highest BCUT2D eigenvalue weighted by Crippen LogP contribution is 2.72. The van der Waals surface area contributed by atoms with Gasteiger partial charge in [-0.1, -0.05) is 34.3 Å². The summed E-state index contributed by atoms with van der Waals surface area (Å²) in [4.78, 5) is 24.4. The SMILES string of the molecule is C=C1C(=O)C=C2C3=C(O3)[C@H]3[C@@H]4CC[C@H](OC(C)=O)[C@@]4(C)CC[C@@H]3[C@@]2(C)[C@@H]1C(C)C. The van der Waals surface area contributed by atoms with E-state index in [2.05, 4.69) is 34.3 Å². The predicted octanol–water partition coefficient (Wildman–Crippen LogP) is 4.96. The molecule has 5 rings (SSSR count). The van der Waals surface area contributed by atoms with E-state index in [0.29, 0.717) is 23.7 Å². The van der Waals surface area contributed by atoms with Gasteiger partial charge in [0.05, 0.1) is 0 Å². The molecule has 0 amide bonds. The third kappa shape index (κ3) is 2.32. The molecule has 0 radical (unpaired) electrons. The van der Waals surface area contributed by atoms with Crippen LogP contribution in [0.1, 0.15) is 60.3 Å². The number of ether oxygens (including phenoxy) is 2. The molecule has 0 saturated heterocycles. The van der Waals surface area contributed by atoms with E-state index in [1.165, 1.54) is 6.92 Å². The molecule has 2 fully saturated rings. The molecular formula is C25H32O4. The van der Waals surface area contributed by atoms with Crippen molar-refractivity contribution in [3.05, 3.63) is 35.3 Å². The molecule has 2 saturated carbocycles. The van der Waals surface area contributed by atoms with Gasteiger partial charge in [0.25, 0.3) is 0 Å². The van der Waals surface area contributed by atoms with E-state index in [9.17, 15) is 9.59 Å². The van der Waals surface area contributed by atoms with Gasteiger partial charge in [0.15, 0.2) is 17.3 Å². The highest BCUT2D eigenvalue weighted by Gasteiger charge is 2.68. The molecular weight excluding hydrogens is 364 g/mol. The lowest BCUT2D eigenvalue weighted by Gasteiger charge is -2.57. The van der Waals surface area contributed by atoms with Gasteiger partial charge in [0, 0.05) is 29.2 Å². The zero-order valence-corrected chi connectivity index (χ0v) is 18.2. The zero-order chi connectivity index (χ0) is 20.9. The first kappa shape index (κ1) is 19.1. The summed E-state index contributed by atoms with van der Waals surface area (Å²) in [6.07, 6.45) is 5.93. The van der Waals surface area contributed by atoms with Crippen LogP contribution in [0.2, 0.25) is 0 Å². The fraction of sp³-hybridized carbons (Fsp3) is 0.680. The van der Waals surface area contributed by atoms with Crippen LogP contribution in [0, 0.1) is 40.4 Å². The van der Waals surface area contributed by atoms with Crippen molar-refractivity contribution in [2.24, 2.45) is 40.4 Å². The minimum absolute atomic E-state index is 0.00212. The third-order valence-electron chi connectivity index (χ3n) is 9.06. The van der Waals surface area contributed by atoms with Crippen molar-refractivity contribution >= 4 is 11.8 Å². The summed E-state index contributed by atoms with van der Waals surface area (Å²) in [5, 5.41) is 0. The summed E-state index contributed by atoms with van der Waals surface area (Å²) < 4.78 is 11.9. The van der Waals surface area contributed by atoms with E-state index in [1.54, 1.807) is 0 Å². The van der Waals surface area contributed by atoms with Crippen molar-refractivity contribution in [1.29, 1.82) is 0 Å². The summed E-state index contributed by atoms with van der Waals surface area (Å²) >= 11 is 0. The first-order chi connectivity index (χ1) is 13.6. The molecule has 0 bridgehead atoms. The van der Waals surface area contributed by atoms with Gasteiger partial charge in [0.2, 0.25) is 0 Å². The standard InChI is InChI=1S/C25H32O4/c1-12(2)21-13(3)18(27)11-17-22-23(29-22)20-15-7-8-19(28-14(4)26)24(15,5)10-9-16(20)25(17,21)6/h11-12,15-16,19-21H,3,7-10H2,1-2,4-6H3/t15-,16-,19-,20-,21+,24-,25+/m0/s1. The van der Waals surface area contributed by atoms with Gasteiger partial charge in [-0.25, -0.2) is 0 Å². The van der Waals surface area contributed by atoms with Crippen molar-refractivity contribution in [2.45, 2.75) is 66.4 Å². The Hall–Kier alpha value is -1.84. The molecule has 0 aromatic heterocycles. The quantitative estimate of drug-likeness (QED) is 0.489. The Balaban J connectivity index is 1.60. The summed E-state index contributed by atoms with van der Waals surface area (Å²) in [7, 11) is 0. The van der Waals surface area contributed by atoms with Gasteiger partial charge in [0.1, 0.15) is 6.10 Å². The van der Waals surface area contributed by atoms with Crippen molar-refractivity contribution in [3.8, 4) is 0 Å². The van der Waals surface area contributed by atoms with Gasteiger partial charge in [-0.2, -0.15) is 0 Å². The monoisotopic (exact) mass is 396 g/mol. The lowest BCUT2D eigenvalue weighted by molar-refractivity contribution is -0.156. The Morgan fingerprint density at radius 1 is 1.24 bits per heavy atom. The van der Waals surface area contributed by atoms with Gasteiger partial charge in [-0.3, -0.25) is 9.59 Å². The number of hydrogen-bond donors (Lipinski definition) is 0. The van der Waals surface area contributed by atoms with Crippen LogP contribution in [0.4, 0.5) is 0 Å². The van der Waals surface area contributed by atoms with Crippen LogP contribution in [0.15, 0.2) is 35.3 Å². The fourth-order valence-electron chi connectivity index (χ4n) is 7.91. The number of ketones is 1. The molecule has 0 N–H and O–H groups in total. The minimum Gasteiger partial charge on any atom is -0.462 e. The number of carbonyl (C=O) groups is 2. The minimum atomic E-state index is -0.177. The Labute approximate surface area is 173 Å². The van der Waals surface area contributed by atoms with E-state index < -0.39 is 0 Å². The first-order valence-electron chi connectivity index (χ1n) is 11.2. The molecule has 29 heavy (non-hydrogen) atoms. The van der Waals surface area contributed by atoms with Crippen molar-refractivity contribution in [3.63, 3.8) is 0 Å². The number of esters is 1. The van der Waals surface area contributed by atoms with Gasteiger partial charge in [-0.15, -0.1) is 0 Å². The normalized spacial score (nSPS) is 45.0. The van der Waals surface area contributed by atoms with Gasteiger partial charge < -0.3 is 9.47 Å². The van der Waals surface area contributed by atoms with Crippen LogP contribution in [0.3, 0.4) is 0 Å². The van der Waals surface area contributed by atoms with Crippen molar-refractivity contribution in [1.82, 2.24) is 0 Å². The number of rotatable bonds is 2. The lowest BCUT2D eigenvalue weighted by atomic mass is 9.45. The van der Waals surface area contributed by atoms with Crippen molar-refractivity contribution < 1.29 is 19.1 Å². The molecule has 1 heterocycles. The van der Waals surface area contributed by atoms with E-state index in [0.717, 1.165) is 48.3 Å². The van der Waals surface area contributed by atoms with E-state index in [4.69, 9.17) is 9.47 Å². The molecule has 4 nitrogen and oxygen atoms in total. The summed E-state index contributed by atoms with van der Waals surface area (Å²) in [6.45, 7) is 14.8. The maximum atomic E-state index is 12.7. The predicted molar refractivity (Wildman–Crippen MR) is 109 cm³/mol. The Morgan fingerprint density at radius 3 is 2.62 bits per heavy atom. The largest absolute Gasteiger partial charge is 0.462 e. The Kier molecular flexibility index (Phi) is 3.87. The highest BCUT2D eigenvalue weighted by atomic mass is 16.6. The van der Waals surface area contributed by atoms with Crippen molar-refractivity contribution in [2.75, 3.05) is 0 Å². The molecule has 0 unspecified atom stereocenters. The highest BCUT2D eigenvalue weighted by molar-refractivity contribution is 6.06. The summed E-state index contributed by atoms with van der Waals surface area (Å²) in [6, 6.07) is 0. The summed E-state index contributed by atoms with van der Waals surface area (Å²) in [5.41, 5.74) is 1.75. The lowest BCUT2D eigenvalue weighted by Crippen LogP contribution is -2.54. The van der Waals surface area contributed by atoms with Crippen LogP contribution < -0.4 is 0 Å². The molecule has 4 aliphatic carbocycles. The first-order valence-corrected chi connectivity index (χ1v) is 11.2. The van der Waals surface area contributed by atoms with Crippen LogP contribution in [-0.4, -0.2) is 17.9 Å². The molecule has 0 aromatic rings. The third-order valence-corrected chi connectivity index (χ3v) is 9.06. The molecule has 5 aliphatic rings. The van der Waals surface area contributed by atoms with E-state index in [-0.39, 0.29) is 34.6 Å². The molecule has 4 heteroatoms. The number of fused-ring (bicyclic) bond motifs is 7. The molecule has 1 aliphatic heterocycles. The fourth-order valence-corrected chi connectivity index (χ4v) is 7.91. The maximum Gasteiger partial charge on any atom is 0.302 e. The topological polar surface area (TPSA) is 55.9 Å². The van der Waals surface area contributed by atoms with Crippen LogP contribution in [-0.2, 0) is 19.1 Å². The van der Waals surface area contributed by atoms with Crippen LogP contribution >= 0.6 is 0 Å². The Bertz CT molecular complexity index is 892. The number of allylic oxidation sites excluding steroid dienone is 4. The number of carbonyl (C=O) groups excluding carboxylic acids is 2. The van der Waals surface area contributed by atoms with Gasteiger partial charge >= 0.3 is 5.97 Å². The Morgan fingerprint density at radius 2 is 1.97 bits per heavy atom. The second-order valence-corrected chi connectivity index (χ2v) is 10.7. The average Bonchev–Trinajstić information content (AvgIpc) is 3.35. The molecule has 7 atom stereocenters. The van der Waals surface area contributed by atoms with Crippen LogP contribution in [0.5, 0.6) is 0 Å². The second-order valence-electron chi connectivity index (χ2n) is 10.7. The maximum absolute atomic E-state index is 12.7. The number of hydrogen-bond acceptors (Lipinski definition) is 4. The van der Waals surface area contributed by atoms with E-state index in [1.807, 2.05) is 6.08 Å². The molecule has 0 aromatic carbocycles. The summed E-state index contributed by atoms with van der Waals surface area (Å²) in [5.74, 6) is 3.69. The smallest absolute Gasteiger partial charge is 0.302 e. The van der Waals surface area contributed by atoms with Gasteiger partial charge in [-0.05, 0) is 61.0 Å². The molecule has 156 valence electrons. The second kappa shape index (κ2) is 5.86. The van der Waals surface area contributed by atoms with E-state index >= 15 is 0 Å². The zero-order valence-electron chi connectivity index (χ0n) is 18.2.